The Bertz CT molecular complexity index is 830. The molecule has 1 heterocycles. The van der Waals surface area contributed by atoms with E-state index in [2.05, 4.69) is 0 Å². The topological polar surface area (TPSA) is 60.9 Å². The summed E-state index contributed by atoms with van der Waals surface area (Å²) in [5.74, 6) is -1.86. The monoisotopic (exact) mass is 376 g/mol. The van der Waals surface area contributed by atoms with Gasteiger partial charge in [-0.3, -0.25) is 19.6 Å². The molecule has 136 valence electrons. The predicted molar refractivity (Wildman–Crippen MR) is 96.3 cm³/mol. The second kappa shape index (κ2) is 7.74. The molecule has 1 fully saturated rings. The first-order chi connectivity index (χ1) is 12.5. The van der Waals surface area contributed by atoms with Crippen LogP contribution in [0.1, 0.15) is 30.9 Å². The molecule has 1 amide bonds. The summed E-state index contributed by atoms with van der Waals surface area (Å²) in [7, 11) is 0. The number of anilines is 1. The fourth-order valence-corrected chi connectivity index (χ4v) is 3.46. The molecule has 1 aliphatic heterocycles. The first kappa shape index (κ1) is 18.2. The normalized spacial score (nSPS) is 16.8. The van der Waals surface area contributed by atoms with Crippen molar-refractivity contribution in [1.29, 1.82) is 0 Å². The fraction of sp³-hybridized carbons (Fsp3) is 0.263. The van der Waals surface area contributed by atoms with E-state index in [1.54, 1.807) is 29.3 Å². The van der Waals surface area contributed by atoms with Gasteiger partial charge in [0.1, 0.15) is 5.82 Å². The highest BCUT2D eigenvalue weighted by Crippen LogP contribution is 2.40. The predicted octanol–water partition coefficient (Wildman–Crippen LogP) is 4.04. The number of halogens is 2. The molecule has 26 heavy (non-hydrogen) atoms. The SMILES string of the molecule is O=C(O)CCC(=O)N1CCC(c2ccccc2Cl)N1c1ccccc1F. The molecule has 2 aromatic rings. The summed E-state index contributed by atoms with van der Waals surface area (Å²) >= 11 is 6.33. The van der Waals surface area contributed by atoms with E-state index in [9.17, 15) is 14.0 Å². The van der Waals surface area contributed by atoms with Gasteiger partial charge in [-0.1, -0.05) is 41.9 Å². The third kappa shape index (κ3) is 3.65. The molecule has 0 aliphatic carbocycles. The molecule has 0 bridgehead atoms. The van der Waals surface area contributed by atoms with Crippen LogP contribution < -0.4 is 5.01 Å². The van der Waals surface area contributed by atoms with Crippen molar-refractivity contribution in [2.24, 2.45) is 0 Å². The zero-order valence-electron chi connectivity index (χ0n) is 13.9. The highest BCUT2D eigenvalue weighted by atomic mass is 35.5. The van der Waals surface area contributed by atoms with Crippen molar-refractivity contribution >= 4 is 29.2 Å². The van der Waals surface area contributed by atoms with E-state index in [0.717, 1.165) is 5.56 Å². The van der Waals surface area contributed by atoms with E-state index in [1.807, 2.05) is 18.2 Å². The molecular formula is C19H18ClFN2O3. The molecule has 7 heteroatoms. The quantitative estimate of drug-likeness (QED) is 0.855. The van der Waals surface area contributed by atoms with Crippen LogP contribution in [0, 0.1) is 5.82 Å². The molecule has 1 N–H and O–H groups in total. The molecule has 0 radical (unpaired) electrons. The van der Waals surface area contributed by atoms with Crippen molar-refractivity contribution in [3.05, 3.63) is 64.9 Å². The standard InChI is InChI=1S/C19H18ClFN2O3/c20-14-6-2-1-5-13(14)16-11-12-22(18(24)9-10-19(25)26)23(16)17-8-4-3-7-15(17)21/h1-8,16H,9-12H2,(H,25,26). The Morgan fingerprint density at radius 2 is 1.81 bits per heavy atom. The Labute approximate surface area is 155 Å². The lowest BCUT2D eigenvalue weighted by molar-refractivity contribution is -0.140. The lowest BCUT2D eigenvalue weighted by Gasteiger charge is -2.34. The van der Waals surface area contributed by atoms with Gasteiger partial charge in [-0.05, 0) is 30.2 Å². The first-order valence-corrected chi connectivity index (χ1v) is 8.67. The number of hydrogen-bond acceptors (Lipinski definition) is 3. The highest BCUT2D eigenvalue weighted by molar-refractivity contribution is 6.31. The van der Waals surface area contributed by atoms with Gasteiger partial charge in [0.25, 0.3) is 0 Å². The molecule has 1 aliphatic rings. The Hall–Kier alpha value is -2.60. The molecule has 3 rings (SSSR count). The number of rotatable bonds is 5. The largest absolute Gasteiger partial charge is 0.481 e. The van der Waals surface area contributed by atoms with Gasteiger partial charge in [-0.2, -0.15) is 0 Å². The molecule has 1 saturated heterocycles. The minimum Gasteiger partial charge on any atom is -0.481 e. The number of carboxylic acid groups (broad SMARTS) is 1. The van der Waals surface area contributed by atoms with Crippen molar-refractivity contribution in [2.75, 3.05) is 11.6 Å². The smallest absolute Gasteiger partial charge is 0.303 e. The minimum absolute atomic E-state index is 0.143. The van der Waals surface area contributed by atoms with E-state index in [1.165, 1.54) is 11.1 Å². The number of nitrogens with zero attached hydrogens (tertiary/aromatic N) is 2. The highest BCUT2D eigenvalue weighted by Gasteiger charge is 2.38. The van der Waals surface area contributed by atoms with Crippen molar-refractivity contribution in [3.63, 3.8) is 0 Å². The van der Waals surface area contributed by atoms with Gasteiger partial charge in [0.2, 0.25) is 5.91 Å². The molecular weight excluding hydrogens is 359 g/mol. The van der Waals surface area contributed by atoms with Crippen LogP contribution in [-0.4, -0.2) is 28.5 Å². The van der Waals surface area contributed by atoms with Gasteiger partial charge in [0.15, 0.2) is 0 Å². The van der Waals surface area contributed by atoms with Crippen LogP contribution in [0.3, 0.4) is 0 Å². The maximum atomic E-state index is 14.5. The summed E-state index contributed by atoms with van der Waals surface area (Å²) in [6.45, 7) is 0.364. The maximum Gasteiger partial charge on any atom is 0.303 e. The maximum absolute atomic E-state index is 14.5. The number of amides is 1. The Balaban J connectivity index is 1.98. The third-order valence-corrected chi connectivity index (χ3v) is 4.72. The van der Waals surface area contributed by atoms with E-state index in [-0.39, 0.29) is 30.5 Å². The van der Waals surface area contributed by atoms with Crippen molar-refractivity contribution in [1.82, 2.24) is 5.01 Å². The van der Waals surface area contributed by atoms with Crippen LogP contribution in [0.5, 0.6) is 0 Å². The number of para-hydroxylation sites is 1. The second-order valence-corrected chi connectivity index (χ2v) is 6.44. The first-order valence-electron chi connectivity index (χ1n) is 8.29. The van der Waals surface area contributed by atoms with Gasteiger partial charge < -0.3 is 5.11 Å². The van der Waals surface area contributed by atoms with Crippen LogP contribution in [0.15, 0.2) is 48.5 Å². The number of carbonyl (C=O) groups excluding carboxylic acids is 1. The van der Waals surface area contributed by atoms with Gasteiger partial charge >= 0.3 is 5.97 Å². The molecule has 0 saturated carbocycles. The van der Waals surface area contributed by atoms with Crippen LogP contribution in [0.4, 0.5) is 10.1 Å². The molecule has 1 unspecified atom stereocenters. The molecule has 0 aromatic heterocycles. The number of hydrogen-bond donors (Lipinski definition) is 1. The number of aliphatic carboxylic acids is 1. The Kier molecular flexibility index (Phi) is 5.42. The average Bonchev–Trinajstić information content (AvgIpc) is 3.05. The zero-order valence-corrected chi connectivity index (χ0v) is 14.7. The van der Waals surface area contributed by atoms with E-state index in [4.69, 9.17) is 16.7 Å². The van der Waals surface area contributed by atoms with E-state index in [0.29, 0.717) is 18.0 Å². The summed E-state index contributed by atoms with van der Waals surface area (Å²) in [6.07, 6.45) is 0.156. The zero-order chi connectivity index (χ0) is 18.7. The van der Waals surface area contributed by atoms with Crippen molar-refractivity contribution < 1.29 is 19.1 Å². The van der Waals surface area contributed by atoms with Crippen molar-refractivity contribution in [2.45, 2.75) is 25.3 Å². The van der Waals surface area contributed by atoms with Gasteiger partial charge in [-0.15, -0.1) is 0 Å². The van der Waals surface area contributed by atoms with E-state index >= 15 is 0 Å². The summed E-state index contributed by atoms with van der Waals surface area (Å²) in [6, 6.07) is 13.2. The lowest BCUT2D eigenvalue weighted by Crippen LogP contribution is -2.43. The summed E-state index contributed by atoms with van der Waals surface area (Å²) < 4.78 is 14.5. The Morgan fingerprint density at radius 1 is 1.12 bits per heavy atom. The van der Waals surface area contributed by atoms with Gasteiger partial charge in [-0.25, -0.2) is 4.39 Å². The summed E-state index contributed by atoms with van der Waals surface area (Å²) in [5.41, 5.74) is 1.06. The number of hydrazine groups is 1. The third-order valence-electron chi connectivity index (χ3n) is 4.37. The lowest BCUT2D eigenvalue weighted by atomic mass is 10.0. The van der Waals surface area contributed by atoms with Crippen LogP contribution in [-0.2, 0) is 9.59 Å². The second-order valence-electron chi connectivity index (χ2n) is 6.03. The van der Waals surface area contributed by atoms with E-state index < -0.39 is 11.8 Å². The van der Waals surface area contributed by atoms with Crippen LogP contribution in [0.25, 0.3) is 0 Å². The van der Waals surface area contributed by atoms with Gasteiger partial charge in [0.05, 0.1) is 18.2 Å². The number of carbonyl (C=O) groups is 2. The number of benzene rings is 2. The summed E-state index contributed by atoms with van der Waals surface area (Å²) in [5, 5.41) is 12.4. The molecule has 2 aromatic carbocycles. The van der Waals surface area contributed by atoms with Gasteiger partial charge in [0, 0.05) is 18.0 Å². The fourth-order valence-electron chi connectivity index (χ4n) is 3.20. The molecule has 5 nitrogen and oxygen atoms in total. The van der Waals surface area contributed by atoms with Crippen LogP contribution >= 0.6 is 11.6 Å². The molecule has 0 spiro atoms. The Morgan fingerprint density at radius 3 is 2.50 bits per heavy atom. The molecule has 1 atom stereocenters. The van der Waals surface area contributed by atoms with Crippen molar-refractivity contribution in [3.8, 4) is 0 Å². The number of carboxylic acids is 1. The summed E-state index contributed by atoms with van der Waals surface area (Å²) in [4.78, 5) is 23.4. The van der Waals surface area contributed by atoms with Crippen LogP contribution in [0.2, 0.25) is 5.02 Å². The average molecular weight is 377 g/mol. The minimum atomic E-state index is -1.04.